The summed E-state index contributed by atoms with van der Waals surface area (Å²) in [6.45, 7) is 1.24. The molecule has 0 bridgehead atoms. The van der Waals surface area contributed by atoms with E-state index in [-0.39, 0.29) is 12.0 Å². The van der Waals surface area contributed by atoms with E-state index < -0.39 is 0 Å². The van der Waals surface area contributed by atoms with Gasteiger partial charge in [0.15, 0.2) is 0 Å². The second-order valence-electron chi connectivity index (χ2n) is 4.03. The van der Waals surface area contributed by atoms with E-state index >= 15 is 0 Å². The highest BCUT2D eigenvalue weighted by Crippen LogP contribution is 2.17. The molecule has 1 aromatic rings. The van der Waals surface area contributed by atoms with E-state index in [9.17, 15) is 4.79 Å². The zero-order valence-corrected chi connectivity index (χ0v) is 9.76. The number of hydrogen-bond acceptors (Lipinski definition) is 4. The van der Waals surface area contributed by atoms with Gasteiger partial charge in [0.1, 0.15) is 5.75 Å². The first kappa shape index (κ1) is 11.9. The van der Waals surface area contributed by atoms with Gasteiger partial charge in [-0.25, -0.2) is 5.90 Å². The largest absolute Gasteiger partial charge is 0.497 e. The minimum Gasteiger partial charge on any atom is -0.497 e. The first-order chi connectivity index (χ1) is 8.24. The molecule has 1 saturated heterocycles. The van der Waals surface area contributed by atoms with Crippen LogP contribution in [0.4, 0.5) is 0 Å². The van der Waals surface area contributed by atoms with E-state index in [1.54, 1.807) is 36.3 Å². The number of nitrogens with two attached hydrogens (primary N) is 1. The second-order valence-corrected chi connectivity index (χ2v) is 4.03. The van der Waals surface area contributed by atoms with Crippen molar-refractivity contribution in [2.75, 3.05) is 20.2 Å². The Morgan fingerprint density at radius 2 is 2.12 bits per heavy atom. The van der Waals surface area contributed by atoms with Gasteiger partial charge < -0.3 is 9.64 Å². The summed E-state index contributed by atoms with van der Waals surface area (Å²) in [6.07, 6.45) is 0.746. The predicted molar refractivity (Wildman–Crippen MR) is 62.6 cm³/mol. The van der Waals surface area contributed by atoms with Gasteiger partial charge in [-0.1, -0.05) is 0 Å². The van der Waals surface area contributed by atoms with Crippen LogP contribution in [0.15, 0.2) is 24.3 Å². The molecule has 2 rings (SSSR count). The summed E-state index contributed by atoms with van der Waals surface area (Å²) >= 11 is 0. The first-order valence-electron chi connectivity index (χ1n) is 5.53. The summed E-state index contributed by atoms with van der Waals surface area (Å²) in [5, 5.41) is 0. The zero-order valence-electron chi connectivity index (χ0n) is 9.76. The fourth-order valence-electron chi connectivity index (χ4n) is 1.94. The Morgan fingerprint density at radius 1 is 1.41 bits per heavy atom. The molecule has 1 aliphatic heterocycles. The Hall–Kier alpha value is -1.59. The third-order valence-corrected chi connectivity index (χ3v) is 2.96. The Bertz CT molecular complexity index is 391. The lowest BCUT2D eigenvalue weighted by atomic mass is 10.2. The van der Waals surface area contributed by atoms with Gasteiger partial charge in [-0.2, -0.15) is 0 Å². The smallest absolute Gasteiger partial charge is 0.253 e. The van der Waals surface area contributed by atoms with Gasteiger partial charge in [0.2, 0.25) is 0 Å². The standard InChI is InChI=1S/C12H16N2O3/c1-16-10-4-2-9(3-5-10)12(15)14-7-6-11(8-14)17-13/h2-5,11H,6-8,13H2,1H3. The number of rotatable bonds is 3. The average molecular weight is 236 g/mol. The van der Waals surface area contributed by atoms with E-state index in [0.717, 1.165) is 12.2 Å². The van der Waals surface area contributed by atoms with Crippen LogP contribution in [0.1, 0.15) is 16.8 Å². The van der Waals surface area contributed by atoms with Crippen molar-refractivity contribution in [2.45, 2.75) is 12.5 Å². The van der Waals surface area contributed by atoms with Crippen molar-refractivity contribution < 1.29 is 14.4 Å². The molecule has 5 nitrogen and oxygen atoms in total. The van der Waals surface area contributed by atoms with Crippen molar-refractivity contribution in [2.24, 2.45) is 5.90 Å². The highest BCUT2D eigenvalue weighted by Gasteiger charge is 2.27. The van der Waals surface area contributed by atoms with Crippen LogP contribution < -0.4 is 10.6 Å². The van der Waals surface area contributed by atoms with Crippen LogP contribution >= 0.6 is 0 Å². The topological polar surface area (TPSA) is 64.8 Å². The maximum absolute atomic E-state index is 12.1. The number of methoxy groups -OCH3 is 1. The predicted octanol–water partition coefficient (Wildman–Crippen LogP) is 0.800. The first-order valence-corrected chi connectivity index (χ1v) is 5.53. The molecule has 0 aliphatic carbocycles. The summed E-state index contributed by atoms with van der Waals surface area (Å²) in [7, 11) is 1.60. The maximum atomic E-state index is 12.1. The highest BCUT2D eigenvalue weighted by molar-refractivity contribution is 5.94. The molecule has 0 radical (unpaired) electrons. The molecule has 1 atom stereocenters. The van der Waals surface area contributed by atoms with Gasteiger partial charge in [-0.15, -0.1) is 0 Å². The van der Waals surface area contributed by atoms with Crippen molar-refractivity contribution >= 4 is 5.91 Å². The van der Waals surface area contributed by atoms with Crippen molar-refractivity contribution in [1.29, 1.82) is 0 Å². The average Bonchev–Trinajstić information content (AvgIpc) is 2.87. The lowest BCUT2D eigenvalue weighted by Gasteiger charge is -2.16. The molecule has 1 heterocycles. The Kier molecular flexibility index (Phi) is 3.61. The minimum absolute atomic E-state index is 0.00667. The number of likely N-dealkylation sites (tertiary alicyclic amines) is 1. The van der Waals surface area contributed by atoms with Crippen LogP contribution in [-0.4, -0.2) is 37.1 Å². The van der Waals surface area contributed by atoms with E-state index in [2.05, 4.69) is 0 Å². The SMILES string of the molecule is COc1ccc(C(=O)N2CCC(ON)C2)cc1. The van der Waals surface area contributed by atoms with Crippen LogP contribution in [0.2, 0.25) is 0 Å². The summed E-state index contributed by atoms with van der Waals surface area (Å²) in [5.74, 6) is 5.87. The Balaban J connectivity index is 2.04. The van der Waals surface area contributed by atoms with E-state index in [1.165, 1.54) is 0 Å². The molecular weight excluding hydrogens is 220 g/mol. The highest BCUT2D eigenvalue weighted by atomic mass is 16.6. The van der Waals surface area contributed by atoms with Crippen molar-refractivity contribution in [1.82, 2.24) is 4.90 Å². The van der Waals surface area contributed by atoms with Crippen molar-refractivity contribution in [3.8, 4) is 5.75 Å². The van der Waals surface area contributed by atoms with E-state index in [4.69, 9.17) is 15.5 Å². The van der Waals surface area contributed by atoms with Crippen LogP contribution in [0.3, 0.4) is 0 Å². The molecule has 0 spiro atoms. The lowest BCUT2D eigenvalue weighted by molar-refractivity contribution is 0.0537. The molecule has 17 heavy (non-hydrogen) atoms. The summed E-state index contributed by atoms with van der Waals surface area (Å²) in [5.41, 5.74) is 0.656. The fourth-order valence-corrected chi connectivity index (χ4v) is 1.94. The Labute approximate surface area is 100 Å². The monoisotopic (exact) mass is 236 g/mol. The van der Waals surface area contributed by atoms with Crippen LogP contribution in [0.5, 0.6) is 5.75 Å². The maximum Gasteiger partial charge on any atom is 0.253 e. The molecule has 1 aliphatic rings. The number of benzene rings is 1. The molecule has 1 aromatic carbocycles. The van der Waals surface area contributed by atoms with Gasteiger partial charge in [0.05, 0.1) is 13.2 Å². The third kappa shape index (κ3) is 2.57. The van der Waals surface area contributed by atoms with Gasteiger partial charge in [0, 0.05) is 18.7 Å². The third-order valence-electron chi connectivity index (χ3n) is 2.96. The zero-order chi connectivity index (χ0) is 12.3. The second kappa shape index (κ2) is 5.16. The molecule has 1 amide bonds. The number of ether oxygens (including phenoxy) is 1. The number of hydrogen-bond donors (Lipinski definition) is 1. The summed E-state index contributed by atoms with van der Waals surface area (Å²) < 4.78 is 5.05. The molecular formula is C12H16N2O3. The molecule has 5 heteroatoms. The minimum atomic E-state index is -0.0443. The fraction of sp³-hybridized carbons (Fsp3) is 0.417. The summed E-state index contributed by atoms with van der Waals surface area (Å²) in [6, 6.07) is 7.08. The molecule has 1 unspecified atom stereocenters. The number of carbonyl (C=O) groups excluding carboxylic acids is 1. The van der Waals surface area contributed by atoms with Crippen molar-refractivity contribution in [3.63, 3.8) is 0 Å². The van der Waals surface area contributed by atoms with Crippen LogP contribution in [-0.2, 0) is 4.84 Å². The molecule has 92 valence electrons. The van der Waals surface area contributed by atoms with Crippen molar-refractivity contribution in [3.05, 3.63) is 29.8 Å². The lowest BCUT2D eigenvalue weighted by Crippen LogP contribution is -2.30. The number of carbonyl (C=O) groups is 1. The Morgan fingerprint density at radius 3 is 2.65 bits per heavy atom. The molecule has 0 aromatic heterocycles. The van der Waals surface area contributed by atoms with Gasteiger partial charge in [-0.05, 0) is 30.7 Å². The van der Waals surface area contributed by atoms with Gasteiger partial charge >= 0.3 is 0 Å². The molecule has 2 N–H and O–H groups in total. The van der Waals surface area contributed by atoms with Crippen LogP contribution in [0.25, 0.3) is 0 Å². The normalized spacial score (nSPS) is 19.4. The van der Waals surface area contributed by atoms with Gasteiger partial charge in [0.25, 0.3) is 5.91 Å². The number of nitrogens with zero attached hydrogens (tertiary/aromatic N) is 1. The van der Waals surface area contributed by atoms with Gasteiger partial charge in [-0.3, -0.25) is 9.63 Å². The summed E-state index contributed by atoms with van der Waals surface area (Å²) in [4.78, 5) is 18.6. The van der Waals surface area contributed by atoms with E-state index in [1.807, 2.05) is 0 Å². The van der Waals surface area contributed by atoms with Crippen LogP contribution in [0, 0.1) is 0 Å². The number of amides is 1. The molecule has 1 fully saturated rings. The molecule has 0 saturated carbocycles. The van der Waals surface area contributed by atoms with E-state index in [0.29, 0.717) is 18.7 Å². The quantitative estimate of drug-likeness (QED) is 0.788.